The molecule has 1 aromatic heterocycles. The number of amides is 1. The van der Waals surface area contributed by atoms with Crippen molar-refractivity contribution in [3.63, 3.8) is 0 Å². The van der Waals surface area contributed by atoms with Crippen molar-refractivity contribution >= 4 is 6.09 Å². The third-order valence-electron chi connectivity index (χ3n) is 4.91. The average molecular weight is 319 g/mol. The molecule has 1 aliphatic carbocycles. The number of hydrogen-bond donors (Lipinski definition) is 1. The monoisotopic (exact) mass is 319 g/mol. The molecule has 0 bridgehead atoms. The first-order valence-electron chi connectivity index (χ1n) is 8.83. The number of hydrogen-bond acceptors (Lipinski definition) is 3. The second-order valence-corrected chi connectivity index (χ2v) is 7.80. The lowest BCUT2D eigenvalue weighted by molar-refractivity contribution is 0.0173. The molecule has 1 saturated carbocycles. The third kappa shape index (κ3) is 3.82. The number of ether oxygens (including phenoxy) is 1. The SMILES string of the molecule is CC(C)(C)OC(=O)N1CCCC1C1CCCC1Nn1cccc1. The summed E-state index contributed by atoms with van der Waals surface area (Å²) >= 11 is 0. The molecule has 128 valence electrons. The van der Waals surface area contributed by atoms with Gasteiger partial charge in [-0.1, -0.05) is 6.42 Å². The number of nitrogens with zero attached hydrogens (tertiary/aromatic N) is 2. The Labute approximate surface area is 139 Å². The molecule has 2 aliphatic rings. The van der Waals surface area contributed by atoms with Gasteiger partial charge in [0.25, 0.3) is 0 Å². The maximum absolute atomic E-state index is 12.5. The normalized spacial score (nSPS) is 28.1. The second kappa shape index (κ2) is 6.46. The zero-order chi connectivity index (χ0) is 16.4. The Morgan fingerprint density at radius 2 is 1.87 bits per heavy atom. The minimum absolute atomic E-state index is 0.147. The van der Waals surface area contributed by atoms with Gasteiger partial charge < -0.3 is 15.1 Å². The summed E-state index contributed by atoms with van der Waals surface area (Å²) in [6.45, 7) is 6.62. The Balaban J connectivity index is 1.67. The zero-order valence-corrected chi connectivity index (χ0v) is 14.5. The Bertz CT molecular complexity index is 521. The van der Waals surface area contributed by atoms with Gasteiger partial charge in [-0.15, -0.1) is 0 Å². The van der Waals surface area contributed by atoms with Crippen molar-refractivity contribution in [3.05, 3.63) is 24.5 Å². The predicted molar refractivity (Wildman–Crippen MR) is 90.9 cm³/mol. The van der Waals surface area contributed by atoms with Gasteiger partial charge in [0.05, 0.1) is 0 Å². The fourth-order valence-electron chi connectivity index (χ4n) is 4.01. The van der Waals surface area contributed by atoms with E-state index in [0.29, 0.717) is 18.0 Å². The Morgan fingerprint density at radius 1 is 1.13 bits per heavy atom. The first kappa shape index (κ1) is 16.2. The molecule has 2 heterocycles. The van der Waals surface area contributed by atoms with Crippen LogP contribution in [0.3, 0.4) is 0 Å². The maximum Gasteiger partial charge on any atom is 0.410 e. The molecule has 0 spiro atoms. The fraction of sp³-hybridized carbons (Fsp3) is 0.722. The molecule has 1 saturated heterocycles. The summed E-state index contributed by atoms with van der Waals surface area (Å²) in [5.41, 5.74) is 3.17. The van der Waals surface area contributed by atoms with Gasteiger partial charge in [0, 0.05) is 36.9 Å². The van der Waals surface area contributed by atoms with Crippen LogP contribution in [0.4, 0.5) is 4.79 Å². The third-order valence-corrected chi connectivity index (χ3v) is 4.91. The standard InChI is InChI=1S/C18H29N3O2/c1-18(2,3)23-17(22)21-13-7-10-16(21)14-8-6-9-15(14)19-20-11-4-5-12-20/h4-5,11-12,14-16,19H,6-10,13H2,1-3H3. The molecular formula is C18H29N3O2. The summed E-state index contributed by atoms with van der Waals surface area (Å²) in [6, 6.07) is 4.79. The van der Waals surface area contributed by atoms with Crippen LogP contribution in [0.5, 0.6) is 0 Å². The summed E-state index contributed by atoms with van der Waals surface area (Å²) in [4.78, 5) is 14.5. The summed E-state index contributed by atoms with van der Waals surface area (Å²) in [7, 11) is 0. The van der Waals surface area contributed by atoms with E-state index in [1.807, 2.05) is 54.9 Å². The second-order valence-electron chi connectivity index (χ2n) is 7.80. The van der Waals surface area contributed by atoms with E-state index in [1.54, 1.807) is 0 Å². The number of nitrogens with one attached hydrogen (secondary N) is 1. The first-order valence-corrected chi connectivity index (χ1v) is 8.83. The molecule has 0 aromatic carbocycles. The molecule has 5 heteroatoms. The highest BCUT2D eigenvalue weighted by molar-refractivity contribution is 5.69. The van der Waals surface area contributed by atoms with Crippen LogP contribution in [0.1, 0.15) is 52.9 Å². The highest BCUT2D eigenvalue weighted by Gasteiger charge is 2.42. The zero-order valence-electron chi connectivity index (χ0n) is 14.5. The van der Waals surface area contributed by atoms with Gasteiger partial charge in [-0.05, 0) is 58.6 Å². The van der Waals surface area contributed by atoms with E-state index in [0.717, 1.165) is 19.4 Å². The topological polar surface area (TPSA) is 46.5 Å². The minimum atomic E-state index is -0.428. The molecule has 0 radical (unpaired) electrons. The van der Waals surface area contributed by atoms with E-state index in [1.165, 1.54) is 19.3 Å². The number of likely N-dealkylation sites (tertiary alicyclic amines) is 1. The molecule has 23 heavy (non-hydrogen) atoms. The van der Waals surface area contributed by atoms with Gasteiger partial charge in [0.1, 0.15) is 5.60 Å². The van der Waals surface area contributed by atoms with Crippen LogP contribution >= 0.6 is 0 Å². The van der Waals surface area contributed by atoms with Crippen molar-refractivity contribution in [2.24, 2.45) is 5.92 Å². The number of rotatable bonds is 3. The minimum Gasteiger partial charge on any atom is -0.444 e. The highest BCUT2D eigenvalue weighted by atomic mass is 16.6. The van der Waals surface area contributed by atoms with Gasteiger partial charge >= 0.3 is 6.09 Å². The lowest BCUT2D eigenvalue weighted by atomic mass is 9.93. The lowest BCUT2D eigenvalue weighted by Gasteiger charge is -2.34. The largest absolute Gasteiger partial charge is 0.444 e. The molecule has 3 atom stereocenters. The van der Waals surface area contributed by atoms with E-state index in [4.69, 9.17) is 4.74 Å². The van der Waals surface area contributed by atoms with Gasteiger partial charge in [-0.3, -0.25) is 4.68 Å². The summed E-state index contributed by atoms with van der Waals surface area (Å²) in [5.74, 6) is 0.507. The highest BCUT2D eigenvalue weighted by Crippen LogP contribution is 2.36. The molecular weight excluding hydrogens is 290 g/mol. The quantitative estimate of drug-likeness (QED) is 0.926. The van der Waals surface area contributed by atoms with Gasteiger partial charge in [-0.25, -0.2) is 4.79 Å². The summed E-state index contributed by atoms with van der Waals surface area (Å²) in [5, 5.41) is 0. The van der Waals surface area contributed by atoms with E-state index in [9.17, 15) is 4.79 Å². The van der Waals surface area contributed by atoms with Crippen LogP contribution in [0.2, 0.25) is 0 Å². The van der Waals surface area contributed by atoms with Gasteiger partial charge in [0.15, 0.2) is 0 Å². The number of carbonyl (C=O) groups is 1. The predicted octanol–water partition coefficient (Wildman–Crippen LogP) is 3.60. The van der Waals surface area contributed by atoms with E-state index in [2.05, 4.69) is 5.43 Å². The fourth-order valence-corrected chi connectivity index (χ4v) is 4.01. The first-order chi connectivity index (χ1) is 10.9. The lowest BCUT2D eigenvalue weighted by Crippen LogP contribution is -2.47. The van der Waals surface area contributed by atoms with Crippen molar-refractivity contribution < 1.29 is 9.53 Å². The summed E-state index contributed by atoms with van der Waals surface area (Å²) in [6.07, 6.45) is 9.68. The molecule has 1 amide bonds. The van der Waals surface area contributed by atoms with Crippen LogP contribution in [0.15, 0.2) is 24.5 Å². The van der Waals surface area contributed by atoms with Crippen molar-refractivity contribution in [1.82, 2.24) is 9.58 Å². The van der Waals surface area contributed by atoms with E-state index < -0.39 is 5.60 Å². The van der Waals surface area contributed by atoms with Crippen LogP contribution in [0.25, 0.3) is 0 Å². The smallest absolute Gasteiger partial charge is 0.410 e. The molecule has 1 aliphatic heterocycles. The molecule has 1 aromatic rings. The van der Waals surface area contributed by atoms with Crippen molar-refractivity contribution in [2.45, 2.75) is 70.6 Å². The van der Waals surface area contributed by atoms with Crippen LogP contribution in [-0.4, -0.2) is 39.9 Å². The maximum atomic E-state index is 12.5. The Hall–Kier alpha value is -1.65. The number of carbonyl (C=O) groups excluding carboxylic acids is 1. The van der Waals surface area contributed by atoms with Gasteiger partial charge in [-0.2, -0.15) is 0 Å². The van der Waals surface area contributed by atoms with Crippen LogP contribution in [0, 0.1) is 5.92 Å². The van der Waals surface area contributed by atoms with E-state index in [-0.39, 0.29) is 6.09 Å². The van der Waals surface area contributed by atoms with Crippen LogP contribution in [-0.2, 0) is 4.74 Å². The number of aromatic nitrogens is 1. The van der Waals surface area contributed by atoms with Crippen molar-refractivity contribution in [1.29, 1.82) is 0 Å². The van der Waals surface area contributed by atoms with Crippen LogP contribution < -0.4 is 5.43 Å². The van der Waals surface area contributed by atoms with Gasteiger partial charge in [0.2, 0.25) is 0 Å². The molecule has 2 fully saturated rings. The molecule has 3 unspecified atom stereocenters. The van der Waals surface area contributed by atoms with E-state index >= 15 is 0 Å². The molecule has 5 nitrogen and oxygen atoms in total. The van der Waals surface area contributed by atoms with Crippen molar-refractivity contribution in [3.8, 4) is 0 Å². The Morgan fingerprint density at radius 3 is 2.57 bits per heavy atom. The Kier molecular flexibility index (Phi) is 4.55. The van der Waals surface area contributed by atoms with Crippen molar-refractivity contribution in [2.75, 3.05) is 12.0 Å². The molecule has 1 N–H and O–H groups in total. The molecule has 3 rings (SSSR count). The summed E-state index contributed by atoms with van der Waals surface area (Å²) < 4.78 is 7.65. The average Bonchev–Trinajstić information content (AvgIpc) is 3.17.